The molecule has 0 aliphatic carbocycles. The van der Waals surface area contributed by atoms with Gasteiger partial charge in [-0.25, -0.2) is 4.79 Å². The second kappa shape index (κ2) is 10.2. The van der Waals surface area contributed by atoms with Crippen LogP contribution in [-0.2, 0) is 14.3 Å². The van der Waals surface area contributed by atoms with E-state index in [1.165, 1.54) is 12.1 Å². The molecule has 0 aliphatic rings. The minimum atomic E-state index is -0.928. The molecule has 0 aliphatic heterocycles. The van der Waals surface area contributed by atoms with E-state index < -0.39 is 36.3 Å². The maximum absolute atomic E-state index is 12.5. The molecule has 0 spiro atoms. The monoisotopic (exact) mass is 411 g/mol. The van der Waals surface area contributed by atoms with Gasteiger partial charge in [-0.2, -0.15) is 0 Å². The van der Waals surface area contributed by atoms with Crippen LogP contribution in [0, 0.1) is 12.8 Å². The van der Waals surface area contributed by atoms with Crippen molar-refractivity contribution in [2.45, 2.75) is 26.8 Å². The molecule has 8 heteroatoms. The molecule has 0 aromatic heterocycles. The van der Waals surface area contributed by atoms with E-state index in [1.807, 2.05) is 6.07 Å². The molecule has 0 bridgehead atoms. The van der Waals surface area contributed by atoms with E-state index in [1.54, 1.807) is 51.1 Å². The van der Waals surface area contributed by atoms with E-state index in [2.05, 4.69) is 10.6 Å². The normalized spacial score (nSPS) is 11.5. The zero-order valence-corrected chi connectivity index (χ0v) is 17.1. The molecular weight excluding hydrogens is 386 g/mol. The molecule has 158 valence electrons. The molecule has 0 unspecified atom stereocenters. The minimum absolute atomic E-state index is 0.141. The number of amides is 3. The molecule has 0 saturated carbocycles. The molecule has 0 saturated heterocycles. The van der Waals surface area contributed by atoms with Gasteiger partial charge in [-0.05, 0) is 36.6 Å². The van der Waals surface area contributed by atoms with Crippen LogP contribution < -0.4 is 16.4 Å². The third kappa shape index (κ3) is 5.91. The number of ether oxygens (including phenoxy) is 1. The smallest absolute Gasteiger partial charge is 0.329 e. The summed E-state index contributed by atoms with van der Waals surface area (Å²) in [6, 6.07) is 12.3. The Kier molecular flexibility index (Phi) is 7.69. The van der Waals surface area contributed by atoms with Gasteiger partial charge in [0.2, 0.25) is 0 Å². The Morgan fingerprint density at radius 2 is 1.57 bits per heavy atom. The first-order valence-electron chi connectivity index (χ1n) is 9.42. The van der Waals surface area contributed by atoms with Crippen LogP contribution in [0.1, 0.15) is 40.1 Å². The lowest BCUT2D eigenvalue weighted by Crippen LogP contribution is -2.46. The molecule has 2 aromatic carbocycles. The van der Waals surface area contributed by atoms with Crippen LogP contribution in [0.5, 0.6) is 0 Å². The molecule has 3 amide bonds. The van der Waals surface area contributed by atoms with E-state index in [-0.39, 0.29) is 17.2 Å². The van der Waals surface area contributed by atoms with Crippen molar-refractivity contribution >= 4 is 29.4 Å². The first-order valence-corrected chi connectivity index (χ1v) is 9.42. The number of anilines is 1. The van der Waals surface area contributed by atoms with Gasteiger partial charge in [0.05, 0.1) is 11.3 Å². The number of nitrogens with one attached hydrogen (secondary N) is 2. The second-order valence-corrected chi connectivity index (χ2v) is 7.08. The number of para-hydroxylation sites is 1. The first kappa shape index (κ1) is 22.6. The van der Waals surface area contributed by atoms with E-state index in [4.69, 9.17) is 10.5 Å². The fourth-order valence-corrected chi connectivity index (χ4v) is 2.76. The largest absolute Gasteiger partial charge is 0.454 e. The molecular formula is C22H25N3O5. The Balaban J connectivity index is 1.99. The van der Waals surface area contributed by atoms with Crippen molar-refractivity contribution in [1.82, 2.24) is 5.32 Å². The summed E-state index contributed by atoms with van der Waals surface area (Å²) in [5.41, 5.74) is 6.87. The molecule has 8 nitrogen and oxygen atoms in total. The summed E-state index contributed by atoms with van der Waals surface area (Å²) in [7, 11) is 0. The molecule has 2 aromatic rings. The van der Waals surface area contributed by atoms with Crippen molar-refractivity contribution in [2.24, 2.45) is 11.7 Å². The fourth-order valence-electron chi connectivity index (χ4n) is 2.76. The van der Waals surface area contributed by atoms with Crippen LogP contribution in [0.15, 0.2) is 48.5 Å². The number of hydrogen-bond acceptors (Lipinski definition) is 5. The van der Waals surface area contributed by atoms with Crippen LogP contribution in [0.4, 0.5) is 5.69 Å². The van der Waals surface area contributed by atoms with Gasteiger partial charge in [-0.3, -0.25) is 14.4 Å². The van der Waals surface area contributed by atoms with Gasteiger partial charge in [-0.1, -0.05) is 44.2 Å². The number of aryl methyl sites for hydroxylation is 1. The van der Waals surface area contributed by atoms with E-state index >= 15 is 0 Å². The van der Waals surface area contributed by atoms with E-state index in [0.717, 1.165) is 5.56 Å². The summed E-state index contributed by atoms with van der Waals surface area (Å²) in [6.07, 6.45) is 0. The quantitative estimate of drug-likeness (QED) is 0.573. The number of esters is 1. The number of hydrogen-bond donors (Lipinski definition) is 3. The van der Waals surface area contributed by atoms with Crippen LogP contribution >= 0.6 is 0 Å². The maximum Gasteiger partial charge on any atom is 0.329 e. The second-order valence-electron chi connectivity index (χ2n) is 7.08. The molecule has 0 heterocycles. The number of benzene rings is 2. The highest BCUT2D eigenvalue weighted by Crippen LogP contribution is 2.14. The molecule has 4 N–H and O–H groups in total. The SMILES string of the molecule is Cc1ccccc1C(=O)N[C@H](C(=O)OCC(=O)Nc1ccccc1C(N)=O)C(C)C. The van der Waals surface area contributed by atoms with Crippen LogP contribution in [-0.4, -0.2) is 36.3 Å². The van der Waals surface area contributed by atoms with Gasteiger partial charge in [0.25, 0.3) is 17.7 Å². The van der Waals surface area contributed by atoms with Crippen LogP contribution in [0.2, 0.25) is 0 Å². The highest BCUT2D eigenvalue weighted by Gasteiger charge is 2.27. The third-order valence-electron chi connectivity index (χ3n) is 4.41. The summed E-state index contributed by atoms with van der Waals surface area (Å²) in [5.74, 6) is -2.72. The topological polar surface area (TPSA) is 128 Å². The van der Waals surface area contributed by atoms with Crippen molar-refractivity contribution in [3.8, 4) is 0 Å². The van der Waals surface area contributed by atoms with Gasteiger partial charge < -0.3 is 21.1 Å². The maximum atomic E-state index is 12.5. The van der Waals surface area contributed by atoms with Gasteiger partial charge in [-0.15, -0.1) is 0 Å². The summed E-state index contributed by atoms with van der Waals surface area (Å²) in [6.45, 7) is 4.74. The zero-order chi connectivity index (χ0) is 22.3. The number of rotatable bonds is 8. The van der Waals surface area contributed by atoms with Crippen molar-refractivity contribution in [3.05, 3.63) is 65.2 Å². The number of nitrogens with two attached hydrogens (primary N) is 1. The molecule has 30 heavy (non-hydrogen) atoms. The Labute approximate surface area is 174 Å². The van der Waals surface area contributed by atoms with Gasteiger partial charge in [0, 0.05) is 5.56 Å². The summed E-state index contributed by atoms with van der Waals surface area (Å²) in [4.78, 5) is 48.6. The van der Waals surface area contributed by atoms with Crippen LogP contribution in [0.25, 0.3) is 0 Å². The number of carbonyl (C=O) groups excluding carboxylic acids is 4. The van der Waals surface area contributed by atoms with E-state index in [9.17, 15) is 19.2 Å². The molecule has 1 atom stereocenters. The average molecular weight is 411 g/mol. The van der Waals surface area contributed by atoms with Crippen molar-refractivity contribution < 1.29 is 23.9 Å². The molecule has 0 radical (unpaired) electrons. The first-order chi connectivity index (χ1) is 14.2. The van der Waals surface area contributed by atoms with Gasteiger partial charge >= 0.3 is 5.97 Å². The highest BCUT2D eigenvalue weighted by molar-refractivity contribution is 6.03. The van der Waals surface area contributed by atoms with Gasteiger partial charge in [0.15, 0.2) is 6.61 Å². The lowest BCUT2D eigenvalue weighted by molar-refractivity contribution is -0.150. The van der Waals surface area contributed by atoms with Crippen molar-refractivity contribution in [1.29, 1.82) is 0 Å². The van der Waals surface area contributed by atoms with Crippen LogP contribution in [0.3, 0.4) is 0 Å². The Hall–Kier alpha value is -3.68. The Morgan fingerprint density at radius 3 is 2.17 bits per heavy atom. The third-order valence-corrected chi connectivity index (χ3v) is 4.41. The predicted octanol–water partition coefficient (Wildman–Crippen LogP) is 2.03. The highest BCUT2D eigenvalue weighted by atomic mass is 16.5. The predicted molar refractivity (Wildman–Crippen MR) is 112 cm³/mol. The zero-order valence-electron chi connectivity index (χ0n) is 17.1. The molecule has 2 rings (SSSR count). The Morgan fingerprint density at radius 1 is 0.967 bits per heavy atom. The van der Waals surface area contributed by atoms with E-state index in [0.29, 0.717) is 5.56 Å². The number of primary amides is 1. The summed E-state index contributed by atoms with van der Waals surface area (Å²) in [5, 5.41) is 5.15. The minimum Gasteiger partial charge on any atom is -0.454 e. The lowest BCUT2D eigenvalue weighted by atomic mass is 10.0. The van der Waals surface area contributed by atoms with Crippen molar-refractivity contribution in [3.63, 3.8) is 0 Å². The lowest BCUT2D eigenvalue weighted by Gasteiger charge is -2.21. The van der Waals surface area contributed by atoms with Crippen molar-refractivity contribution in [2.75, 3.05) is 11.9 Å². The fraction of sp³-hybridized carbons (Fsp3) is 0.273. The summed E-state index contributed by atoms with van der Waals surface area (Å²) < 4.78 is 5.08. The Bertz CT molecular complexity index is 955. The number of carbonyl (C=O) groups is 4. The van der Waals surface area contributed by atoms with Gasteiger partial charge in [0.1, 0.15) is 6.04 Å². The summed E-state index contributed by atoms with van der Waals surface area (Å²) >= 11 is 0. The standard InChI is InChI=1S/C22H25N3O5/c1-13(2)19(25-21(28)15-9-5-4-8-14(15)3)22(29)30-12-18(26)24-17-11-7-6-10-16(17)20(23)27/h4-11,13,19H,12H2,1-3H3,(H2,23,27)(H,24,26)(H,25,28)/t19-/m0/s1. The molecule has 0 fully saturated rings. The average Bonchev–Trinajstić information content (AvgIpc) is 2.70.